The molecule has 8 nitrogen and oxygen atoms in total. The Kier molecular flexibility index (Phi) is 8.44. The molecule has 0 spiro atoms. The van der Waals surface area contributed by atoms with E-state index in [1.165, 1.54) is 18.5 Å². The van der Waals surface area contributed by atoms with Crippen molar-refractivity contribution in [1.82, 2.24) is 19.8 Å². The van der Waals surface area contributed by atoms with E-state index in [1.807, 2.05) is 17.0 Å². The predicted octanol–water partition coefficient (Wildman–Crippen LogP) is 5.42. The van der Waals surface area contributed by atoms with Crippen molar-refractivity contribution in [2.75, 3.05) is 45.2 Å². The molecule has 0 atom stereocenters. The second-order valence-corrected chi connectivity index (χ2v) is 10.3. The minimum atomic E-state index is -0.478. The maximum atomic E-state index is 13.6. The number of hydrogen-bond acceptors (Lipinski definition) is 7. The number of carbonyl (C=O) groups is 1. The summed E-state index contributed by atoms with van der Waals surface area (Å²) in [6, 6.07) is 8.17. The third-order valence-electron chi connectivity index (χ3n) is 7.26. The number of piperidine rings is 2. The number of ether oxygens (including phenoxy) is 2. The van der Waals surface area contributed by atoms with E-state index in [9.17, 15) is 9.18 Å². The van der Waals surface area contributed by atoms with Crippen LogP contribution in [0.2, 0.25) is 5.02 Å². The van der Waals surface area contributed by atoms with Gasteiger partial charge >= 0.3 is 0 Å². The van der Waals surface area contributed by atoms with Gasteiger partial charge in [0.25, 0.3) is 0 Å². The molecule has 0 aliphatic carbocycles. The molecule has 1 amide bonds. The lowest BCUT2D eigenvalue weighted by Gasteiger charge is -2.33. The van der Waals surface area contributed by atoms with Gasteiger partial charge in [0.1, 0.15) is 24.1 Å². The lowest BCUT2D eigenvalue weighted by atomic mass is 10.1. The molecule has 3 heterocycles. The normalized spacial score (nSPS) is 17.1. The van der Waals surface area contributed by atoms with Crippen molar-refractivity contribution < 1.29 is 18.7 Å². The fourth-order valence-corrected chi connectivity index (χ4v) is 5.32. The smallest absolute Gasteiger partial charge is 0.222 e. The lowest BCUT2D eigenvalue weighted by Crippen LogP contribution is -2.41. The topological polar surface area (TPSA) is 79.8 Å². The van der Waals surface area contributed by atoms with Gasteiger partial charge in [0, 0.05) is 49.7 Å². The molecule has 202 valence electrons. The zero-order chi connectivity index (χ0) is 26.5. The number of aromatic nitrogens is 2. The van der Waals surface area contributed by atoms with Crippen LogP contribution in [0.1, 0.15) is 38.5 Å². The maximum Gasteiger partial charge on any atom is 0.222 e. The number of hydrogen-bond donors (Lipinski definition) is 1. The van der Waals surface area contributed by atoms with Gasteiger partial charge < -0.3 is 24.6 Å². The fourth-order valence-electron chi connectivity index (χ4n) is 5.14. The summed E-state index contributed by atoms with van der Waals surface area (Å²) < 4.78 is 25.6. The molecule has 0 radical (unpaired) electrons. The molecule has 38 heavy (non-hydrogen) atoms. The van der Waals surface area contributed by atoms with Crippen LogP contribution in [0.5, 0.6) is 11.5 Å². The minimum Gasteiger partial charge on any atom is -0.493 e. The zero-order valence-corrected chi connectivity index (χ0v) is 22.3. The fraction of sp³-hybridized carbons (Fsp3) is 0.464. The van der Waals surface area contributed by atoms with E-state index in [0.29, 0.717) is 40.8 Å². The van der Waals surface area contributed by atoms with Crippen LogP contribution in [0.3, 0.4) is 0 Å². The van der Waals surface area contributed by atoms with Crippen LogP contribution < -0.4 is 14.8 Å². The SMILES string of the molecule is COc1cc2ncnc(Nc3ccc(F)c(Cl)c3)c2cc1OC1CCN(CCCN2CCCCC2=O)CC1. The van der Waals surface area contributed by atoms with Crippen molar-refractivity contribution in [1.29, 1.82) is 0 Å². The lowest BCUT2D eigenvalue weighted by molar-refractivity contribution is -0.133. The predicted molar refractivity (Wildman–Crippen MR) is 146 cm³/mol. The number of likely N-dealkylation sites (tertiary alicyclic amines) is 2. The van der Waals surface area contributed by atoms with Crippen LogP contribution in [0.4, 0.5) is 15.9 Å². The highest BCUT2D eigenvalue weighted by atomic mass is 35.5. The summed E-state index contributed by atoms with van der Waals surface area (Å²) in [6.07, 6.45) is 7.21. The van der Waals surface area contributed by atoms with Gasteiger partial charge in [0.15, 0.2) is 11.5 Å². The number of carbonyl (C=O) groups excluding carboxylic acids is 1. The van der Waals surface area contributed by atoms with Crippen LogP contribution in [0, 0.1) is 5.82 Å². The summed E-state index contributed by atoms with van der Waals surface area (Å²) in [5.74, 6) is 1.64. The Morgan fingerprint density at radius 3 is 2.68 bits per heavy atom. The summed E-state index contributed by atoms with van der Waals surface area (Å²) in [5.41, 5.74) is 1.31. The number of amides is 1. The standard InChI is InChI=1S/C28H33ClFN5O3/c1-37-25-17-24-21(28(32-18-31-24)33-19-6-7-23(30)22(29)15-19)16-26(25)38-20-8-13-34(14-9-20)10-4-12-35-11-3-2-5-27(35)36/h6-7,15-18,20H,2-5,8-14H2,1H3,(H,31,32,33). The molecule has 2 aliphatic heterocycles. The van der Waals surface area contributed by atoms with Gasteiger partial charge in [-0.1, -0.05) is 11.6 Å². The van der Waals surface area contributed by atoms with Crippen molar-refractivity contribution in [3.05, 3.63) is 47.5 Å². The molecule has 0 saturated carbocycles. The number of halogens is 2. The summed E-state index contributed by atoms with van der Waals surface area (Å²) in [4.78, 5) is 25.3. The zero-order valence-electron chi connectivity index (χ0n) is 21.6. The highest BCUT2D eigenvalue weighted by Gasteiger charge is 2.23. The second-order valence-electron chi connectivity index (χ2n) is 9.85. The van der Waals surface area contributed by atoms with Crippen LogP contribution in [-0.2, 0) is 4.79 Å². The molecule has 1 aromatic heterocycles. The van der Waals surface area contributed by atoms with Crippen molar-refractivity contribution in [2.24, 2.45) is 0 Å². The number of rotatable bonds is 9. The summed E-state index contributed by atoms with van der Waals surface area (Å²) in [5, 5.41) is 4.00. The molecule has 3 aromatic rings. The van der Waals surface area contributed by atoms with Gasteiger partial charge in [-0.15, -0.1) is 0 Å². The van der Waals surface area contributed by atoms with E-state index in [1.54, 1.807) is 13.2 Å². The largest absolute Gasteiger partial charge is 0.493 e. The van der Waals surface area contributed by atoms with Gasteiger partial charge in [-0.05, 0) is 62.9 Å². The number of nitrogens with zero attached hydrogens (tertiary/aromatic N) is 4. The Bertz CT molecular complexity index is 1280. The van der Waals surface area contributed by atoms with E-state index in [4.69, 9.17) is 21.1 Å². The monoisotopic (exact) mass is 541 g/mol. The first-order chi connectivity index (χ1) is 18.5. The molecule has 2 fully saturated rings. The number of anilines is 2. The maximum absolute atomic E-state index is 13.6. The molecule has 10 heteroatoms. The number of fused-ring (bicyclic) bond motifs is 1. The summed E-state index contributed by atoms with van der Waals surface area (Å²) >= 11 is 5.95. The van der Waals surface area contributed by atoms with E-state index in [2.05, 4.69) is 20.2 Å². The molecule has 5 rings (SSSR count). The quantitative estimate of drug-likeness (QED) is 0.387. The number of methoxy groups -OCH3 is 1. The number of benzene rings is 2. The Labute approximate surface area is 227 Å². The minimum absolute atomic E-state index is 0.0328. The van der Waals surface area contributed by atoms with Crippen LogP contribution in [-0.4, -0.2) is 71.6 Å². The van der Waals surface area contributed by atoms with Crippen molar-refractivity contribution in [3.63, 3.8) is 0 Å². The highest BCUT2D eigenvalue weighted by molar-refractivity contribution is 6.31. The van der Waals surface area contributed by atoms with Crippen LogP contribution in [0.25, 0.3) is 10.9 Å². The molecule has 0 bridgehead atoms. The first kappa shape index (κ1) is 26.4. The van der Waals surface area contributed by atoms with Gasteiger partial charge in [-0.25, -0.2) is 14.4 Å². The Morgan fingerprint density at radius 2 is 1.92 bits per heavy atom. The summed E-state index contributed by atoms with van der Waals surface area (Å²) in [7, 11) is 1.62. The Morgan fingerprint density at radius 1 is 1.08 bits per heavy atom. The Hall–Kier alpha value is -3.17. The second kappa shape index (κ2) is 12.1. The van der Waals surface area contributed by atoms with Gasteiger partial charge in [-0.2, -0.15) is 0 Å². The highest BCUT2D eigenvalue weighted by Crippen LogP contribution is 2.36. The third kappa shape index (κ3) is 6.27. The molecule has 1 N–H and O–H groups in total. The van der Waals surface area contributed by atoms with Crippen molar-refractivity contribution in [2.45, 2.75) is 44.6 Å². The summed E-state index contributed by atoms with van der Waals surface area (Å²) in [6.45, 7) is 4.66. The van der Waals surface area contributed by atoms with Crippen molar-refractivity contribution in [3.8, 4) is 11.5 Å². The average molecular weight is 542 g/mol. The molecule has 2 saturated heterocycles. The van der Waals surface area contributed by atoms with Crippen LogP contribution in [0.15, 0.2) is 36.7 Å². The van der Waals surface area contributed by atoms with E-state index in [-0.39, 0.29) is 11.1 Å². The van der Waals surface area contributed by atoms with Gasteiger partial charge in [0.2, 0.25) is 5.91 Å². The number of nitrogens with one attached hydrogen (secondary N) is 1. The first-order valence-electron chi connectivity index (χ1n) is 13.2. The van der Waals surface area contributed by atoms with Gasteiger partial charge in [0.05, 0.1) is 17.6 Å². The average Bonchev–Trinajstić information content (AvgIpc) is 2.93. The molecular formula is C28H33ClFN5O3. The van der Waals surface area contributed by atoms with Gasteiger partial charge in [-0.3, -0.25) is 4.79 Å². The third-order valence-corrected chi connectivity index (χ3v) is 7.54. The van der Waals surface area contributed by atoms with Crippen LogP contribution >= 0.6 is 11.6 Å². The molecule has 2 aliphatic rings. The Balaban J connectivity index is 1.22. The van der Waals surface area contributed by atoms with Crippen molar-refractivity contribution >= 4 is 39.9 Å². The molecular weight excluding hydrogens is 509 g/mol. The first-order valence-corrected chi connectivity index (χ1v) is 13.6. The molecule has 0 unspecified atom stereocenters. The van der Waals surface area contributed by atoms with E-state index in [0.717, 1.165) is 70.2 Å². The van der Waals surface area contributed by atoms with E-state index < -0.39 is 5.82 Å². The van der Waals surface area contributed by atoms with E-state index >= 15 is 0 Å². The molecule has 2 aromatic carbocycles.